The number of β-amino-alcohol motifs (C(OH)–C–C–N with tert-alkyl or cyclic N) is 1. The molecular formula is C28H32ClN3O6. The fourth-order valence-electron chi connectivity index (χ4n) is 4.72. The highest BCUT2D eigenvalue weighted by Gasteiger charge is 2.23. The number of nitrogens with one attached hydrogen (secondary N) is 1. The normalized spacial score (nSPS) is 17.0. The van der Waals surface area contributed by atoms with Crippen LogP contribution in [0.1, 0.15) is 40.1 Å². The average molecular weight is 542 g/mol. The van der Waals surface area contributed by atoms with Gasteiger partial charge in [-0.25, -0.2) is 4.98 Å². The Balaban J connectivity index is 1.07. The number of aliphatic hydroxyl groups excluding tert-OH is 1. The van der Waals surface area contributed by atoms with E-state index in [-0.39, 0.29) is 25.2 Å². The van der Waals surface area contributed by atoms with E-state index in [0.717, 1.165) is 42.7 Å². The molecule has 2 aliphatic rings. The van der Waals surface area contributed by atoms with Gasteiger partial charge in [-0.3, -0.25) is 9.69 Å². The summed E-state index contributed by atoms with van der Waals surface area (Å²) in [6.45, 7) is 3.71. The molecule has 2 aromatic carbocycles. The van der Waals surface area contributed by atoms with E-state index in [1.54, 1.807) is 18.3 Å². The third kappa shape index (κ3) is 6.85. The van der Waals surface area contributed by atoms with Crippen molar-refractivity contribution in [2.24, 2.45) is 0 Å². The smallest absolute Gasteiger partial charge is 0.251 e. The van der Waals surface area contributed by atoms with Gasteiger partial charge in [0.15, 0.2) is 12.2 Å². The largest absolute Gasteiger partial charge is 0.490 e. The number of amides is 1. The number of rotatable bonds is 10. The molecule has 0 bridgehead atoms. The zero-order valence-electron chi connectivity index (χ0n) is 21.1. The first kappa shape index (κ1) is 26.5. The van der Waals surface area contributed by atoms with Crippen LogP contribution >= 0.6 is 11.6 Å². The monoisotopic (exact) mass is 541 g/mol. The first-order valence-electron chi connectivity index (χ1n) is 12.9. The summed E-state index contributed by atoms with van der Waals surface area (Å²) in [6.07, 6.45) is 4.91. The molecule has 0 radical (unpaired) electrons. The molecule has 1 amide bonds. The van der Waals surface area contributed by atoms with Crippen LogP contribution in [0.15, 0.2) is 53.4 Å². The van der Waals surface area contributed by atoms with Crippen molar-refractivity contribution >= 4 is 17.5 Å². The van der Waals surface area contributed by atoms with Gasteiger partial charge >= 0.3 is 0 Å². The van der Waals surface area contributed by atoms with Crippen molar-refractivity contribution in [1.82, 2.24) is 15.2 Å². The van der Waals surface area contributed by atoms with Gasteiger partial charge in [0.05, 0.1) is 30.5 Å². The van der Waals surface area contributed by atoms with Crippen molar-refractivity contribution in [2.75, 3.05) is 32.8 Å². The number of hydrogen-bond donors (Lipinski definition) is 2. The molecule has 1 unspecified atom stereocenters. The molecule has 3 heterocycles. The van der Waals surface area contributed by atoms with Crippen molar-refractivity contribution in [3.05, 3.63) is 76.5 Å². The Morgan fingerprint density at radius 3 is 2.79 bits per heavy atom. The SMILES string of the molecule is O=C(NCC(O)CN1CCc2c(ccc(OCc3cnco3)c2Cl)C1)c1ccc(OC2CCOCC2)cc1. The number of hydrogen-bond acceptors (Lipinski definition) is 8. The number of aliphatic hydroxyl groups is 1. The number of benzene rings is 2. The van der Waals surface area contributed by atoms with E-state index >= 15 is 0 Å². The van der Waals surface area contributed by atoms with Gasteiger partial charge in [-0.1, -0.05) is 17.7 Å². The predicted molar refractivity (Wildman–Crippen MR) is 141 cm³/mol. The lowest BCUT2D eigenvalue weighted by molar-refractivity contribution is 0.0255. The van der Waals surface area contributed by atoms with Crippen LogP contribution in [0.3, 0.4) is 0 Å². The molecule has 1 fully saturated rings. The van der Waals surface area contributed by atoms with Crippen LogP contribution in [-0.4, -0.2) is 66.0 Å². The molecule has 2 aliphatic heterocycles. The summed E-state index contributed by atoms with van der Waals surface area (Å²) >= 11 is 6.62. The lowest BCUT2D eigenvalue weighted by Crippen LogP contribution is -2.42. The summed E-state index contributed by atoms with van der Waals surface area (Å²) in [5, 5.41) is 14.0. The molecular weight excluding hydrogens is 510 g/mol. The van der Waals surface area contributed by atoms with E-state index < -0.39 is 6.10 Å². The van der Waals surface area contributed by atoms with E-state index in [9.17, 15) is 9.90 Å². The van der Waals surface area contributed by atoms with Crippen molar-refractivity contribution in [2.45, 2.75) is 44.6 Å². The molecule has 0 saturated carbocycles. The van der Waals surface area contributed by atoms with Gasteiger partial charge in [-0.2, -0.15) is 0 Å². The summed E-state index contributed by atoms with van der Waals surface area (Å²) < 4.78 is 22.3. The third-order valence-electron chi connectivity index (χ3n) is 6.78. The van der Waals surface area contributed by atoms with Gasteiger partial charge < -0.3 is 29.1 Å². The molecule has 10 heteroatoms. The number of aromatic nitrogens is 1. The van der Waals surface area contributed by atoms with Crippen LogP contribution in [0.2, 0.25) is 5.02 Å². The highest BCUT2D eigenvalue weighted by molar-refractivity contribution is 6.33. The third-order valence-corrected chi connectivity index (χ3v) is 7.20. The summed E-state index contributed by atoms with van der Waals surface area (Å²) in [4.78, 5) is 18.6. The minimum atomic E-state index is -0.698. The highest BCUT2D eigenvalue weighted by atomic mass is 35.5. The number of carbonyl (C=O) groups is 1. The standard InChI is InChI=1S/C28H32ClN3O6/c29-27-25-7-10-32(15-20(25)3-6-26(27)36-17-24-14-30-18-37-24)16-21(33)13-31-28(34)19-1-4-22(5-2-19)38-23-8-11-35-12-9-23/h1-6,14,18,21,23,33H,7-13,15-17H2,(H,31,34). The van der Waals surface area contributed by atoms with E-state index in [1.165, 1.54) is 6.39 Å². The van der Waals surface area contributed by atoms with Crippen LogP contribution in [-0.2, 0) is 24.3 Å². The molecule has 2 N–H and O–H groups in total. The lowest BCUT2D eigenvalue weighted by Gasteiger charge is -2.31. The van der Waals surface area contributed by atoms with E-state index in [1.807, 2.05) is 24.3 Å². The maximum Gasteiger partial charge on any atom is 0.251 e. The van der Waals surface area contributed by atoms with Gasteiger partial charge in [0.25, 0.3) is 5.91 Å². The number of carbonyl (C=O) groups excluding carboxylic acids is 1. The molecule has 3 aromatic rings. The molecule has 0 spiro atoms. The second-order valence-electron chi connectivity index (χ2n) is 9.57. The quantitative estimate of drug-likeness (QED) is 0.401. The van der Waals surface area contributed by atoms with Crippen molar-refractivity contribution < 1.29 is 28.5 Å². The molecule has 9 nitrogen and oxygen atoms in total. The summed E-state index contributed by atoms with van der Waals surface area (Å²) in [5.74, 6) is 1.76. The maximum absolute atomic E-state index is 12.6. The van der Waals surface area contributed by atoms with Crippen molar-refractivity contribution in [1.29, 1.82) is 0 Å². The van der Waals surface area contributed by atoms with E-state index in [0.29, 0.717) is 48.4 Å². The van der Waals surface area contributed by atoms with Crippen LogP contribution < -0.4 is 14.8 Å². The van der Waals surface area contributed by atoms with E-state index in [2.05, 4.69) is 15.2 Å². The summed E-state index contributed by atoms with van der Waals surface area (Å²) in [6, 6.07) is 11.0. The number of ether oxygens (including phenoxy) is 3. The second-order valence-corrected chi connectivity index (χ2v) is 9.95. The predicted octanol–water partition coefficient (Wildman–Crippen LogP) is 3.61. The molecule has 1 atom stereocenters. The molecule has 202 valence electrons. The number of oxazole rings is 1. The molecule has 5 rings (SSSR count). The van der Waals surface area contributed by atoms with Gasteiger partial charge in [-0.05, 0) is 47.9 Å². The lowest BCUT2D eigenvalue weighted by atomic mass is 9.99. The Bertz CT molecular complexity index is 1200. The summed E-state index contributed by atoms with van der Waals surface area (Å²) in [5.41, 5.74) is 2.69. The first-order valence-corrected chi connectivity index (χ1v) is 13.3. The Kier molecular flexibility index (Phi) is 8.80. The highest BCUT2D eigenvalue weighted by Crippen LogP contribution is 2.34. The van der Waals surface area contributed by atoms with Gasteiger partial charge in [0.1, 0.15) is 24.2 Å². The second kappa shape index (κ2) is 12.6. The molecule has 1 saturated heterocycles. The maximum atomic E-state index is 12.6. The minimum Gasteiger partial charge on any atom is -0.490 e. The first-order chi connectivity index (χ1) is 18.5. The topological polar surface area (TPSA) is 106 Å². The van der Waals surface area contributed by atoms with Crippen LogP contribution in [0.25, 0.3) is 0 Å². The Morgan fingerprint density at radius 2 is 2.03 bits per heavy atom. The van der Waals surface area contributed by atoms with E-state index in [4.69, 9.17) is 30.2 Å². The van der Waals surface area contributed by atoms with Crippen LogP contribution in [0.5, 0.6) is 11.5 Å². The van der Waals surface area contributed by atoms with Crippen LogP contribution in [0.4, 0.5) is 0 Å². The Labute approximate surface area is 226 Å². The Morgan fingerprint density at radius 1 is 1.21 bits per heavy atom. The zero-order chi connectivity index (χ0) is 26.3. The fourth-order valence-corrected chi connectivity index (χ4v) is 5.06. The average Bonchev–Trinajstić information content (AvgIpc) is 3.46. The van der Waals surface area contributed by atoms with Gasteiger partial charge in [-0.15, -0.1) is 0 Å². The summed E-state index contributed by atoms with van der Waals surface area (Å²) in [7, 11) is 0. The molecule has 38 heavy (non-hydrogen) atoms. The van der Waals surface area contributed by atoms with Gasteiger partial charge in [0.2, 0.25) is 0 Å². The number of nitrogens with zero attached hydrogens (tertiary/aromatic N) is 2. The number of halogens is 1. The number of fused-ring (bicyclic) bond motifs is 1. The van der Waals surface area contributed by atoms with Crippen molar-refractivity contribution in [3.8, 4) is 11.5 Å². The molecule has 1 aromatic heterocycles. The van der Waals surface area contributed by atoms with Crippen LogP contribution in [0, 0.1) is 0 Å². The molecule has 0 aliphatic carbocycles. The van der Waals surface area contributed by atoms with Crippen molar-refractivity contribution in [3.63, 3.8) is 0 Å². The van der Waals surface area contributed by atoms with Gasteiger partial charge in [0, 0.05) is 44.6 Å². The Hall–Kier alpha value is -3.11. The fraction of sp³-hybridized carbons (Fsp3) is 0.429. The zero-order valence-corrected chi connectivity index (χ0v) is 21.9. The minimum absolute atomic E-state index is 0.150.